The van der Waals surface area contributed by atoms with Crippen molar-refractivity contribution in [2.75, 3.05) is 12.4 Å². The van der Waals surface area contributed by atoms with Gasteiger partial charge in [0.15, 0.2) is 0 Å². The molecule has 2 atom stereocenters. The van der Waals surface area contributed by atoms with Crippen molar-refractivity contribution in [3.05, 3.63) is 52.0 Å². The Balaban J connectivity index is 1.66. The van der Waals surface area contributed by atoms with Crippen LogP contribution in [0.5, 0.6) is 0 Å². The fourth-order valence-electron chi connectivity index (χ4n) is 2.45. The van der Waals surface area contributed by atoms with Crippen LogP contribution in [0.4, 0.5) is 10.1 Å². The van der Waals surface area contributed by atoms with Gasteiger partial charge in [-0.05, 0) is 41.5 Å². The molecule has 1 saturated carbocycles. The maximum absolute atomic E-state index is 12.9. The zero-order chi connectivity index (χ0) is 15.7. The minimum atomic E-state index is -0.462. The van der Waals surface area contributed by atoms with Crippen molar-refractivity contribution in [1.29, 1.82) is 0 Å². The molecular weight excluding hydrogens is 305 g/mol. The molecule has 1 amide bonds. The van der Waals surface area contributed by atoms with Crippen molar-refractivity contribution in [2.24, 2.45) is 5.92 Å². The Morgan fingerprint density at radius 3 is 2.68 bits per heavy atom. The van der Waals surface area contributed by atoms with Gasteiger partial charge in [0.25, 0.3) is 0 Å². The summed E-state index contributed by atoms with van der Waals surface area (Å²) in [6, 6.07) is 7.90. The van der Waals surface area contributed by atoms with Crippen molar-refractivity contribution in [2.45, 2.75) is 12.3 Å². The van der Waals surface area contributed by atoms with Crippen molar-refractivity contribution in [3.63, 3.8) is 0 Å². The van der Waals surface area contributed by atoms with Gasteiger partial charge in [-0.1, -0.05) is 12.1 Å². The molecule has 1 aromatic heterocycles. The molecule has 0 saturated heterocycles. The van der Waals surface area contributed by atoms with E-state index in [0.29, 0.717) is 10.6 Å². The maximum Gasteiger partial charge on any atom is 0.350 e. The summed E-state index contributed by atoms with van der Waals surface area (Å²) in [7, 11) is 1.30. The highest BCUT2D eigenvalue weighted by Crippen LogP contribution is 2.48. The summed E-state index contributed by atoms with van der Waals surface area (Å²) >= 11 is 1.22. The van der Waals surface area contributed by atoms with E-state index in [9.17, 15) is 14.0 Å². The minimum Gasteiger partial charge on any atom is -0.465 e. The molecule has 3 rings (SSSR count). The molecule has 0 bridgehead atoms. The Kier molecular flexibility index (Phi) is 3.94. The van der Waals surface area contributed by atoms with Gasteiger partial charge in [-0.15, -0.1) is 11.3 Å². The van der Waals surface area contributed by atoms with E-state index in [-0.39, 0.29) is 23.6 Å². The maximum atomic E-state index is 12.9. The first kappa shape index (κ1) is 14.7. The lowest BCUT2D eigenvalue weighted by atomic mass is 10.1. The highest BCUT2D eigenvalue weighted by Gasteiger charge is 2.44. The van der Waals surface area contributed by atoms with E-state index in [1.807, 2.05) is 0 Å². The summed E-state index contributed by atoms with van der Waals surface area (Å²) in [5.41, 5.74) is 1.44. The first-order valence-electron chi connectivity index (χ1n) is 6.82. The number of methoxy groups -OCH3 is 1. The molecule has 2 unspecified atom stereocenters. The summed E-state index contributed by atoms with van der Waals surface area (Å²) in [6.07, 6.45) is 0.731. The summed E-state index contributed by atoms with van der Waals surface area (Å²) in [6.45, 7) is 0. The highest BCUT2D eigenvalue weighted by molar-refractivity contribution is 7.12. The lowest BCUT2D eigenvalue weighted by Crippen LogP contribution is -2.16. The summed E-state index contributed by atoms with van der Waals surface area (Å²) in [5.74, 6) is -0.905. The highest BCUT2D eigenvalue weighted by atomic mass is 32.1. The molecule has 1 heterocycles. The minimum absolute atomic E-state index is 0.112. The van der Waals surface area contributed by atoms with E-state index in [2.05, 4.69) is 10.1 Å². The van der Waals surface area contributed by atoms with E-state index < -0.39 is 5.97 Å². The molecule has 114 valence electrons. The van der Waals surface area contributed by atoms with Gasteiger partial charge < -0.3 is 10.1 Å². The van der Waals surface area contributed by atoms with Gasteiger partial charge in [0.1, 0.15) is 10.7 Å². The first-order valence-corrected chi connectivity index (χ1v) is 7.70. The van der Waals surface area contributed by atoms with Crippen LogP contribution in [0.15, 0.2) is 35.7 Å². The van der Waals surface area contributed by atoms with Crippen LogP contribution in [-0.4, -0.2) is 19.0 Å². The largest absolute Gasteiger partial charge is 0.465 e. The van der Waals surface area contributed by atoms with Gasteiger partial charge in [0, 0.05) is 5.92 Å². The second-order valence-corrected chi connectivity index (χ2v) is 6.06. The molecule has 1 aliphatic rings. The number of amides is 1. The van der Waals surface area contributed by atoms with E-state index in [4.69, 9.17) is 0 Å². The van der Waals surface area contributed by atoms with Crippen LogP contribution in [0.25, 0.3) is 0 Å². The Hall–Kier alpha value is -2.21. The van der Waals surface area contributed by atoms with Crippen molar-refractivity contribution in [3.8, 4) is 0 Å². The third-order valence-electron chi connectivity index (χ3n) is 3.72. The Bertz CT molecular complexity index is 710. The monoisotopic (exact) mass is 319 g/mol. The summed E-state index contributed by atoms with van der Waals surface area (Å²) in [5, 5.41) is 4.50. The normalized spacial score (nSPS) is 19.5. The van der Waals surface area contributed by atoms with Crippen LogP contribution in [0.3, 0.4) is 0 Å². The standard InChI is InChI=1S/C16H14FNO3S/c1-21-16(20)14-13(6-7-22-14)18-15(19)12-8-11(12)9-2-4-10(17)5-3-9/h2-7,11-12H,8H2,1H3,(H,18,19). The number of ether oxygens (including phenoxy) is 1. The molecule has 1 aromatic carbocycles. The van der Waals surface area contributed by atoms with Crippen LogP contribution < -0.4 is 5.32 Å². The van der Waals surface area contributed by atoms with Gasteiger partial charge in [-0.2, -0.15) is 0 Å². The van der Waals surface area contributed by atoms with E-state index in [0.717, 1.165) is 12.0 Å². The second-order valence-electron chi connectivity index (χ2n) is 5.14. The molecule has 0 aliphatic heterocycles. The predicted molar refractivity (Wildman–Crippen MR) is 81.5 cm³/mol. The number of carbonyl (C=O) groups excluding carboxylic acids is 2. The SMILES string of the molecule is COC(=O)c1sccc1NC(=O)C1CC1c1ccc(F)cc1. The number of esters is 1. The Morgan fingerprint density at radius 2 is 2.00 bits per heavy atom. The smallest absolute Gasteiger partial charge is 0.350 e. The Labute approximate surface area is 130 Å². The van der Waals surface area contributed by atoms with E-state index >= 15 is 0 Å². The zero-order valence-electron chi connectivity index (χ0n) is 11.8. The summed E-state index contributed by atoms with van der Waals surface area (Å²) in [4.78, 5) is 24.2. The number of halogens is 1. The van der Waals surface area contributed by atoms with Crippen LogP contribution in [0.1, 0.15) is 27.6 Å². The van der Waals surface area contributed by atoms with Crippen molar-refractivity contribution < 1.29 is 18.7 Å². The Morgan fingerprint density at radius 1 is 1.27 bits per heavy atom. The van der Waals surface area contributed by atoms with Crippen LogP contribution in [-0.2, 0) is 9.53 Å². The van der Waals surface area contributed by atoms with Gasteiger partial charge in [0.05, 0.1) is 12.8 Å². The number of anilines is 1. The number of nitrogens with one attached hydrogen (secondary N) is 1. The van der Waals surface area contributed by atoms with Gasteiger partial charge in [0.2, 0.25) is 5.91 Å². The third kappa shape index (κ3) is 2.87. The van der Waals surface area contributed by atoms with Gasteiger partial charge in [-0.3, -0.25) is 4.79 Å². The predicted octanol–water partition coefficient (Wildman–Crippen LogP) is 3.42. The van der Waals surface area contributed by atoms with Crippen LogP contribution >= 0.6 is 11.3 Å². The quantitative estimate of drug-likeness (QED) is 0.879. The molecule has 0 spiro atoms. The molecule has 2 aromatic rings. The first-order chi connectivity index (χ1) is 10.6. The average Bonchev–Trinajstić information content (AvgIpc) is 3.20. The number of hydrogen-bond donors (Lipinski definition) is 1. The molecule has 4 nitrogen and oxygen atoms in total. The second kappa shape index (κ2) is 5.88. The summed E-state index contributed by atoms with van der Waals surface area (Å²) < 4.78 is 17.6. The van der Waals surface area contributed by atoms with Crippen LogP contribution in [0.2, 0.25) is 0 Å². The number of rotatable bonds is 4. The molecule has 6 heteroatoms. The molecule has 22 heavy (non-hydrogen) atoms. The molecule has 1 aliphatic carbocycles. The van der Waals surface area contributed by atoms with Gasteiger partial charge >= 0.3 is 5.97 Å². The number of benzene rings is 1. The molecular formula is C16H14FNO3S. The van der Waals surface area contributed by atoms with E-state index in [1.54, 1.807) is 23.6 Å². The molecule has 1 fully saturated rings. The number of hydrogen-bond acceptors (Lipinski definition) is 4. The third-order valence-corrected chi connectivity index (χ3v) is 4.61. The number of thiophene rings is 1. The number of carbonyl (C=O) groups is 2. The van der Waals surface area contributed by atoms with Gasteiger partial charge in [-0.25, -0.2) is 9.18 Å². The molecule has 1 N–H and O–H groups in total. The van der Waals surface area contributed by atoms with Crippen molar-refractivity contribution in [1.82, 2.24) is 0 Å². The zero-order valence-corrected chi connectivity index (χ0v) is 12.7. The van der Waals surface area contributed by atoms with Crippen molar-refractivity contribution >= 4 is 28.9 Å². The molecule has 0 radical (unpaired) electrons. The van der Waals surface area contributed by atoms with Crippen LogP contribution in [0, 0.1) is 11.7 Å². The lowest BCUT2D eigenvalue weighted by molar-refractivity contribution is -0.117. The van der Waals surface area contributed by atoms with E-state index in [1.165, 1.54) is 30.6 Å². The fourth-order valence-corrected chi connectivity index (χ4v) is 3.21. The fraction of sp³-hybridized carbons (Fsp3) is 0.250. The topological polar surface area (TPSA) is 55.4 Å². The average molecular weight is 319 g/mol. The lowest BCUT2D eigenvalue weighted by Gasteiger charge is -2.05.